The maximum atomic E-state index is 11.7. The second-order valence-corrected chi connectivity index (χ2v) is 4.14. The van der Waals surface area contributed by atoms with Gasteiger partial charge in [0.15, 0.2) is 0 Å². The molecule has 0 fully saturated rings. The molecule has 0 aromatic carbocycles. The summed E-state index contributed by atoms with van der Waals surface area (Å²) in [4.78, 5) is 27.2. The summed E-state index contributed by atoms with van der Waals surface area (Å²) in [5.41, 5.74) is 6.47. The molecule has 0 aliphatic rings. The fourth-order valence-corrected chi connectivity index (χ4v) is 1.66. The Hall–Kier alpha value is -2.70. The van der Waals surface area contributed by atoms with Crippen LogP contribution in [0.15, 0.2) is 35.3 Å². The van der Waals surface area contributed by atoms with Crippen LogP contribution in [0, 0.1) is 0 Å². The molecule has 0 bridgehead atoms. The van der Waals surface area contributed by atoms with Gasteiger partial charge in [0.25, 0.3) is 5.56 Å². The number of hydrogen-bond acceptors (Lipinski definition) is 5. The van der Waals surface area contributed by atoms with Crippen LogP contribution in [-0.2, 0) is 11.3 Å². The number of rotatable bonds is 4. The van der Waals surface area contributed by atoms with Crippen molar-refractivity contribution < 1.29 is 4.79 Å². The third kappa shape index (κ3) is 3.19. The van der Waals surface area contributed by atoms with Crippen molar-refractivity contribution in [2.45, 2.75) is 13.5 Å². The summed E-state index contributed by atoms with van der Waals surface area (Å²) < 4.78 is 1.12. The third-order valence-corrected chi connectivity index (χ3v) is 2.62. The van der Waals surface area contributed by atoms with E-state index in [4.69, 9.17) is 5.73 Å². The molecule has 3 N–H and O–H groups in total. The number of carbonyl (C=O) groups is 1. The highest BCUT2D eigenvalue weighted by molar-refractivity contribution is 5.75. The molecule has 2 heterocycles. The third-order valence-electron chi connectivity index (χ3n) is 2.62. The summed E-state index contributed by atoms with van der Waals surface area (Å²) >= 11 is 0. The van der Waals surface area contributed by atoms with Gasteiger partial charge in [-0.15, -0.1) is 0 Å². The van der Waals surface area contributed by atoms with Crippen LogP contribution < -0.4 is 16.6 Å². The van der Waals surface area contributed by atoms with Gasteiger partial charge in [-0.3, -0.25) is 9.59 Å². The maximum absolute atomic E-state index is 11.7. The number of amides is 1. The van der Waals surface area contributed by atoms with Crippen molar-refractivity contribution in [3.8, 4) is 11.3 Å². The second-order valence-electron chi connectivity index (χ2n) is 4.14. The van der Waals surface area contributed by atoms with Crippen LogP contribution in [0.25, 0.3) is 11.3 Å². The highest BCUT2D eigenvalue weighted by Crippen LogP contribution is 2.14. The molecule has 2 aromatic heterocycles. The lowest BCUT2D eigenvalue weighted by Gasteiger charge is -2.07. The first kappa shape index (κ1) is 13.7. The van der Waals surface area contributed by atoms with E-state index in [1.54, 1.807) is 24.4 Å². The Kier molecular flexibility index (Phi) is 4.09. The van der Waals surface area contributed by atoms with E-state index in [0.717, 1.165) is 10.2 Å². The smallest absolute Gasteiger partial charge is 0.267 e. The molecular formula is C13H15N5O2. The zero-order valence-corrected chi connectivity index (χ0v) is 11.0. The number of anilines is 1. The summed E-state index contributed by atoms with van der Waals surface area (Å²) in [7, 11) is 0. The average molecular weight is 273 g/mol. The average Bonchev–Trinajstić information content (AvgIpc) is 2.42. The minimum atomic E-state index is -0.330. The van der Waals surface area contributed by atoms with Crippen LogP contribution in [0.4, 0.5) is 5.82 Å². The lowest BCUT2D eigenvalue weighted by molar-refractivity contribution is -0.121. The number of pyridine rings is 1. The fraction of sp³-hybridized carbons (Fsp3) is 0.231. The molecule has 7 nitrogen and oxygen atoms in total. The zero-order chi connectivity index (χ0) is 14.5. The minimum Gasteiger partial charge on any atom is -0.384 e. The van der Waals surface area contributed by atoms with Crippen molar-refractivity contribution in [1.29, 1.82) is 0 Å². The molecule has 2 aromatic rings. The van der Waals surface area contributed by atoms with E-state index in [-0.39, 0.29) is 18.0 Å². The number of aromatic nitrogens is 3. The Labute approximate surface area is 115 Å². The van der Waals surface area contributed by atoms with Crippen LogP contribution in [0.2, 0.25) is 0 Å². The maximum Gasteiger partial charge on any atom is 0.267 e. The number of hydrogen-bond donors (Lipinski definition) is 2. The van der Waals surface area contributed by atoms with E-state index >= 15 is 0 Å². The van der Waals surface area contributed by atoms with Gasteiger partial charge in [0.1, 0.15) is 12.4 Å². The molecule has 0 radical (unpaired) electrons. The first-order chi connectivity index (χ1) is 9.60. The lowest BCUT2D eigenvalue weighted by Crippen LogP contribution is -2.33. The lowest BCUT2D eigenvalue weighted by atomic mass is 10.2. The van der Waals surface area contributed by atoms with Crippen molar-refractivity contribution in [3.05, 3.63) is 40.8 Å². The predicted octanol–water partition coefficient (Wildman–Crippen LogP) is 0.0236. The Morgan fingerprint density at radius 3 is 2.80 bits per heavy atom. The second kappa shape index (κ2) is 5.96. The molecule has 0 unspecified atom stereocenters. The molecule has 20 heavy (non-hydrogen) atoms. The summed E-state index contributed by atoms with van der Waals surface area (Å²) in [6.07, 6.45) is 1.57. The summed E-state index contributed by atoms with van der Waals surface area (Å²) in [5, 5.41) is 6.78. The van der Waals surface area contributed by atoms with Gasteiger partial charge in [-0.25, -0.2) is 9.67 Å². The quantitative estimate of drug-likeness (QED) is 0.817. The summed E-state index contributed by atoms with van der Waals surface area (Å²) in [6.45, 7) is 2.21. The van der Waals surface area contributed by atoms with Crippen LogP contribution >= 0.6 is 0 Å². The number of nitrogen functional groups attached to an aromatic ring is 1. The topological polar surface area (TPSA) is 103 Å². The van der Waals surface area contributed by atoms with Crippen LogP contribution in [0.5, 0.6) is 0 Å². The van der Waals surface area contributed by atoms with Gasteiger partial charge in [0.05, 0.1) is 5.69 Å². The monoisotopic (exact) mass is 273 g/mol. The molecule has 1 amide bonds. The van der Waals surface area contributed by atoms with E-state index in [1.807, 2.05) is 6.92 Å². The standard InChI is InChI=1S/C13H15N5O2/c1-2-15-12(19)8-18-13(20)6-4-10(17-18)9-3-5-11(14)16-7-9/h3-7H,2,8H2,1H3,(H2,14,16)(H,15,19). The molecule has 0 saturated heterocycles. The molecule has 0 atom stereocenters. The number of nitrogens with two attached hydrogens (primary N) is 1. The molecule has 2 rings (SSSR count). The molecule has 0 aliphatic heterocycles. The van der Waals surface area contributed by atoms with Crippen LogP contribution in [0.1, 0.15) is 6.92 Å². The Bertz CT molecular complexity index is 663. The zero-order valence-electron chi connectivity index (χ0n) is 11.0. The van der Waals surface area contributed by atoms with Crippen LogP contribution in [-0.4, -0.2) is 27.2 Å². The van der Waals surface area contributed by atoms with Gasteiger partial charge in [-0.1, -0.05) is 0 Å². The molecule has 0 saturated carbocycles. The Morgan fingerprint density at radius 2 is 2.15 bits per heavy atom. The highest BCUT2D eigenvalue weighted by atomic mass is 16.2. The van der Waals surface area contributed by atoms with Crippen molar-refractivity contribution in [2.24, 2.45) is 0 Å². The van der Waals surface area contributed by atoms with Gasteiger partial charge >= 0.3 is 0 Å². The van der Waals surface area contributed by atoms with Crippen molar-refractivity contribution >= 4 is 11.7 Å². The van der Waals surface area contributed by atoms with Gasteiger partial charge in [-0.05, 0) is 25.1 Å². The number of likely N-dealkylation sites (N-methyl/N-ethyl adjacent to an activating group) is 1. The molecule has 0 spiro atoms. The first-order valence-electron chi connectivity index (χ1n) is 6.17. The largest absolute Gasteiger partial charge is 0.384 e. The minimum absolute atomic E-state index is 0.108. The normalized spacial score (nSPS) is 10.2. The van der Waals surface area contributed by atoms with E-state index in [2.05, 4.69) is 15.4 Å². The molecule has 7 heteroatoms. The van der Waals surface area contributed by atoms with Gasteiger partial charge < -0.3 is 11.1 Å². The van der Waals surface area contributed by atoms with E-state index in [1.165, 1.54) is 6.07 Å². The summed E-state index contributed by atoms with van der Waals surface area (Å²) in [6, 6.07) is 6.36. The Balaban J connectivity index is 2.31. The van der Waals surface area contributed by atoms with Gasteiger partial charge in [0.2, 0.25) is 5.91 Å². The fourth-order valence-electron chi connectivity index (χ4n) is 1.66. The van der Waals surface area contributed by atoms with E-state index in [9.17, 15) is 9.59 Å². The van der Waals surface area contributed by atoms with E-state index in [0.29, 0.717) is 18.1 Å². The van der Waals surface area contributed by atoms with Crippen molar-refractivity contribution in [2.75, 3.05) is 12.3 Å². The molecule has 104 valence electrons. The molecule has 0 aliphatic carbocycles. The molecular weight excluding hydrogens is 258 g/mol. The number of carbonyl (C=O) groups excluding carboxylic acids is 1. The van der Waals surface area contributed by atoms with Gasteiger partial charge in [0, 0.05) is 24.4 Å². The first-order valence-corrected chi connectivity index (χ1v) is 6.17. The van der Waals surface area contributed by atoms with Crippen molar-refractivity contribution in [1.82, 2.24) is 20.1 Å². The van der Waals surface area contributed by atoms with E-state index < -0.39 is 0 Å². The SMILES string of the molecule is CCNC(=O)Cn1nc(-c2ccc(N)nc2)ccc1=O. The van der Waals surface area contributed by atoms with Crippen molar-refractivity contribution in [3.63, 3.8) is 0 Å². The number of nitrogens with zero attached hydrogens (tertiary/aromatic N) is 3. The Morgan fingerprint density at radius 1 is 1.35 bits per heavy atom. The van der Waals surface area contributed by atoms with Gasteiger partial charge in [-0.2, -0.15) is 5.10 Å². The summed E-state index contributed by atoms with van der Waals surface area (Å²) in [5.74, 6) is 0.152. The predicted molar refractivity (Wildman–Crippen MR) is 74.8 cm³/mol. The number of nitrogens with one attached hydrogen (secondary N) is 1. The van der Waals surface area contributed by atoms with Crippen LogP contribution in [0.3, 0.4) is 0 Å². The highest BCUT2D eigenvalue weighted by Gasteiger charge is 2.07.